The third-order valence-corrected chi connectivity index (χ3v) is 2.33. The molecule has 2 rings (SSSR count). The van der Waals surface area contributed by atoms with Gasteiger partial charge in [0.2, 0.25) is 5.95 Å². The van der Waals surface area contributed by atoms with Gasteiger partial charge in [-0.15, -0.1) is 0 Å². The van der Waals surface area contributed by atoms with Crippen molar-refractivity contribution in [3.8, 4) is 22.9 Å². The lowest BCUT2D eigenvalue weighted by atomic mass is 10.1. The maximum atomic E-state index is 11.3. The maximum absolute atomic E-state index is 11.3. The van der Waals surface area contributed by atoms with E-state index in [4.69, 9.17) is 15.2 Å². The van der Waals surface area contributed by atoms with Gasteiger partial charge in [-0.2, -0.15) is 9.97 Å². The number of ether oxygens (including phenoxy) is 2. The lowest BCUT2D eigenvalue weighted by molar-refractivity contribution is 0.356. The molecule has 0 fully saturated rings. The summed E-state index contributed by atoms with van der Waals surface area (Å²) in [5.74, 6) is 1.18. The van der Waals surface area contributed by atoms with Crippen molar-refractivity contribution < 1.29 is 9.47 Å². The number of H-pyrrole nitrogens is 1. The number of hydrogen-bond acceptors (Lipinski definition) is 6. The van der Waals surface area contributed by atoms with Crippen LogP contribution in [0.1, 0.15) is 0 Å². The van der Waals surface area contributed by atoms with Crippen LogP contribution in [-0.2, 0) is 0 Å². The highest BCUT2D eigenvalue weighted by Gasteiger charge is 2.13. The highest BCUT2D eigenvalue weighted by Crippen LogP contribution is 2.35. The van der Waals surface area contributed by atoms with Crippen molar-refractivity contribution in [3.63, 3.8) is 0 Å². The van der Waals surface area contributed by atoms with Gasteiger partial charge in [0, 0.05) is 0 Å². The van der Waals surface area contributed by atoms with E-state index in [0.717, 1.165) is 0 Å². The Hall–Kier alpha value is -2.57. The monoisotopic (exact) mass is 248 g/mol. The zero-order valence-corrected chi connectivity index (χ0v) is 9.93. The Labute approximate surface area is 103 Å². The molecule has 0 saturated carbocycles. The molecule has 0 amide bonds. The maximum Gasteiger partial charge on any atom is 0.349 e. The van der Waals surface area contributed by atoms with Crippen LogP contribution in [0, 0.1) is 0 Å². The molecule has 18 heavy (non-hydrogen) atoms. The van der Waals surface area contributed by atoms with Gasteiger partial charge in [0.25, 0.3) is 0 Å². The summed E-state index contributed by atoms with van der Waals surface area (Å²) in [5.41, 5.74) is 5.45. The normalized spacial score (nSPS) is 10.1. The van der Waals surface area contributed by atoms with E-state index >= 15 is 0 Å². The molecule has 1 aromatic carbocycles. The molecule has 0 saturated heterocycles. The molecule has 0 radical (unpaired) electrons. The number of nitrogens with zero attached hydrogens (tertiary/aromatic N) is 2. The minimum absolute atomic E-state index is 0.0985. The Morgan fingerprint density at radius 3 is 2.61 bits per heavy atom. The van der Waals surface area contributed by atoms with Gasteiger partial charge in [-0.05, 0) is 12.1 Å². The minimum Gasteiger partial charge on any atom is -0.493 e. The lowest BCUT2D eigenvalue weighted by Crippen LogP contribution is -2.15. The molecular formula is C11H12N4O3. The zero-order chi connectivity index (χ0) is 13.1. The molecule has 94 valence electrons. The molecule has 2 aromatic rings. The van der Waals surface area contributed by atoms with Gasteiger partial charge in [-0.3, -0.25) is 4.98 Å². The third kappa shape index (κ3) is 2.10. The fourth-order valence-electron chi connectivity index (χ4n) is 1.60. The summed E-state index contributed by atoms with van der Waals surface area (Å²) in [7, 11) is 3.03. The summed E-state index contributed by atoms with van der Waals surface area (Å²) >= 11 is 0. The summed E-state index contributed by atoms with van der Waals surface area (Å²) in [6, 6.07) is 5.23. The number of benzene rings is 1. The molecule has 3 N–H and O–H groups in total. The first-order chi connectivity index (χ1) is 8.65. The summed E-state index contributed by atoms with van der Waals surface area (Å²) in [6.45, 7) is 0. The number of rotatable bonds is 3. The van der Waals surface area contributed by atoms with Crippen molar-refractivity contribution in [3.05, 3.63) is 28.7 Å². The molecule has 0 unspecified atom stereocenters. The fourth-order valence-corrected chi connectivity index (χ4v) is 1.60. The van der Waals surface area contributed by atoms with Crippen LogP contribution in [0.5, 0.6) is 11.5 Å². The van der Waals surface area contributed by atoms with Gasteiger partial charge in [0.1, 0.15) is 5.82 Å². The standard InChI is InChI=1S/C11H12N4O3/c1-17-7-5-3-4-6(8(7)18-2)9-13-10(12)15-11(16)14-9/h3-5H,1-2H3,(H3,12,13,14,15,16). The summed E-state index contributed by atoms with van der Waals surface area (Å²) in [5, 5.41) is 0. The van der Waals surface area contributed by atoms with E-state index in [1.807, 2.05) is 0 Å². The van der Waals surface area contributed by atoms with Crippen molar-refractivity contribution in [2.24, 2.45) is 0 Å². The largest absolute Gasteiger partial charge is 0.493 e. The van der Waals surface area contributed by atoms with Crippen molar-refractivity contribution in [2.45, 2.75) is 0 Å². The van der Waals surface area contributed by atoms with Crippen LogP contribution in [0.25, 0.3) is 11.4 Å². The molecule has 0 bridgehead atoms. The second-order valence-electron chi connectivity index (χ2n) is 3.40. The molecule has 0 aliphatic rings. The van der Waals surface area contributed by atoms with Crippen LogP contribution in [0.15, 0.2) is 23.0 Å². The Bertz CT molecular complexity index is 624. The van der Waals surface area contributed by atoms with Gasteiger partial charge < -0.3 is 15.2 Å². The topological polar surface area (TPSA) is 103 Å². The second-order valence-corrected chi connectivity index (χ2v) is 3.40. The number of hydrogen-bond donors (Lipinski definition) is 2. The molecule has 7 heteroatoms. The quantitative estimate of drug-likeness (QED) is 0.816. The smallest absolute Gasteiger partial charge is 0.349 e. The van der Waals surface area contributed by atoms with Crippen molar-refractivity contribution in [1.29, 1.82) is 0 Å². The van der Waals surface area contributed by atoms with E-state index in [1.54, 1.807) is 18.2 Å². The molecule has 1 heterocycles. The highest BCUT2D eigenvalue weighted by molar-refractivity contribution is 5.68. The van der Waals surface area contributed by atoms with E-state index in [0.29, 0.717) is 17.1 Å². The summed E-state index contributed by atoms with van der Waals surface area (Å²) in [4.78, 5) is 21.2. The van der Waals surface area contributed by atoms with E-state index in [2.05, 4.69) is 15.0 Å². The number of para-hydroxylation sites is 1. The summed E-state index contributed by atoms with van der Waals surface area (Å²) < 4.78 is 10.4. The molecule has 0 spiro atoms. The molecule has 0 aliphatic carbocycles. The van der Waals surface area contributed by atoms with Crippen molar-refractivity contribution in [1.82, 2.24) is 15.0 Å². The van der Waals surface area contributed by atoms with Gasteiger partial charge in [-0.1, -0.05) is 6.07 Å². The number of nitrogens with one attached hydrogen (secondary N) is 1. The number of aromatic nitrogens is 3. The number of aromatic amines is 1. The predicted molar refractivity (Wildman–Crippen MR) is 65.6 cm³/mol. The lowest BCUT2D eigenvalue weighted by Gasteiger charge is -2.11. The second kappa shape index (κ2) is 4.74. The average molecular weight is 248 g/mol. The van der Waals surface area contributed by atoms with E-state index in [-0.39, 0.29) is 11.8 Å². The fraction of sp³-hybridized carbons (Fsp3) is 0.182. The predicted octanol–water partition coefficient (Wildman–Crippen LogP) is 0.431. The first kappa shape index (κ1) is 11.9. The first-order valence-corrected chi connectivity index (χ1v) is 5.11. The number of anilines is 1. The van der Waals surface area contributed by atoms with Crippen LogP contribution in [-0.4, -0.2) is 29.2 Å². The van der Waals surface area contributed by atoms with E-state index in [9.17, 15) is 4.79 Å². The van der Waals surface area contributed by atoms with E-state index < -0.39 is 5.69 Å². The van der Waals surface area contributed by atoms with Gasteiger partial charge >= 0.3 is 5.69 Å². The SMILES string of the molecule is COc1cccc(-c2nc(N)nc(=O)[nH]2)c1OC. The van der Waals surface area contributed by atoms with Gasteiger partial charge in [-0.25, -0.2) is 4.79 Å². The Morgan fingerprint density at radius 1 is 1.22 bits per heavy atom. The van der Waals surface area contributed by atoms with Crippen LogP contribution in [0.3, 0.4) is 0 Å². The summed E-state index contributed by atoms with van der Waals surface area (Å²) in [6.07, 6.45) is 0. The number of nitrogen functional groups attached to an aromatic ring is 1. The third-order valence-electron chi connectivity index (χ3n) is 2.33. The molecule has 7 nitrogen and oxygen atoms in total. The number of nitrogens with two attached hydrogens (primary N) is 1. The van der Waals surface area contributed by atoms with Crippen LogP contribution in [0.2, 0.25) is 0 Å². The minimum atomic E-state index is -0.567. The first-order valence-electron chi connectivity index (χ1n) is 5.11. The van der Waals surface area contributed by atoms with Gasteiger partial charge in [0.05, 0.1) is 19.8 Å². The van der Waals surface area contributed by atoms with Gasteiger partial charge in [0.15, 0.2) is 11.5 Å². The Morgan fingerprint density at radius 2 is 2.00 bits per heavy atom. The zero-order valence-electron chi connectivity index (χ0n) is 9.93. The number of methoxy groups -OCH3 is 2. The molecular weight excluding hydrogens is 236 g/mol. The Balaban J connectivity index is 2.66. The Kier molecular flexibility index (Phi) is 3.13. The molecule has 1 aromatic heterocycles. The van der Waals surface area contributed by atoms with Crippen molar-refractivity contribution >= 4 is 5.95 Å². The van der Waals surface area contributed by atoms with Crippen molar-refractivity contribution in [2.75, 3.05) is 20.0 Å². The van der Waals surface area contributed by atoms with Crippen LogP contribution < -0.4 is 20.9 Å². The molecule has 0 aliphatic heterocycles. The van der Waals surface area contributed by atoms with Crippen LogP contribution >= 0.6 is 0 Å². The highest BCUT2D eigenvalue weighted by atomic mass is 16.5. The molecule has 0 atom stereocenters. The van der Waals surface area contributed by atoms with Crippen LogP contribution in [0.4, 0.5) is 5.95 Å². The average Bonchev–Trinajstić information content (AvgIpc) is 2.36. The van der Waals surface area contributed by atoms with E-state index in [1.165, 1.54) is 14.2 Å².